The van der Waals surface area contributed by atoms with Crippen molar-refractivity contribution < 1.29 is 18.3 Å². The first-order valence-electron chi connectivity index (χ1n) is 5.38. The molecule has 2 unspecified atom stereocenters. The molecular weight excluding hydrogens is 274 g/mol. The van der Waals surface area contributed by atoms with Crippen LogP contribution in [0.2, 0.25) is 0 Å². The second-order valence-corrected chi connectivity index (χ2v) is 7.39. The Hall–Kier alpha value is -1.18. The Labute approximate surface area is 109 Å². The number of hydrogen-bond donors (Lipinski definition) is 2. The molecule has 1 heterocycles. The molecule has 0 radical (unpaired) electrons. The Morgan fingerprint density at radius 2 is 2.17 bits per heavy atom. The number of sulfonamides is 1. The number of carboxylic acid groups (broad SMARTS) is 1. The van der Waals surface area contributed by atoms with Crippen LogP contribution < -0.4 is 4.72 Å². The van der Waals surface area contributed by atoms with E-state index >= 15 is 0 Å². The van der Waals surface area contributed by atoms with Gasteiger partial charge in [0.05, 0.1) is 5.92 Å². The molecule has 0 aliphatic heterocycles. The lowest BCUT2D eigenvalue weighted by Gasteiger charge is -2.11. The first-order valence-corrected chi connectivity index (χ1v) is 7.68. The van der Waals surface area contributed by atoms with Crippen molar-refractivity contribution in [2.24, 2.45) is 5.92 Å². The van der Waals surface area contributed by atoms with Gasteiger partial charge in [-0.3, -0.25) is 4.79 Å². The second-order valence-electron chi connectivity index (χ2n) is 4.16. The zero-order chi connectivity index (χ0) is 13.3. The maximum Gasteiger partial charge on any atom is 0.310 e. The summed E-state index contributed by atoms with van der Waals surface area (Å²) < 4.78 is 26.8. The highest BCUT2D eigenvalue weighted by Gasteiger charge is 2.28. The predicted molar refractivity (Wildman–Crippen MR) is 68.0 cm³/mol. The molecule has 98 valence electrons. The number of aliphatic carboxylic acids is 1. The molecule has 0 bridgehead atoms. The van der Waals surface area contributed by atoms with Gasteiger partial charge in [-0.15, -0.1) is 11.3 Å². The van der Waals surface area contributed by atoms with Crippen LogP contribution in [-0.4, -0.2) is 25.5 Å². The quantitative estimate of drug-likeness (QED) is 0.819. The van der Waals surface area contributed by atoms with Crippen molar-refractivity contribution in [1.29, 1.82) is 0 Å². The third-order valence-electron chi connectivity index (χ3n) is 2.69. The van der Waals surface area contributed by atoms with E-state index in [9.17, 15) is 13.2 Å². The van der Waals surface area contributed by atoms with Crippen molar-refractivity contribution in [1.82, 2.24) is 4.72 Å². The van der Waals surface area contributed by atoms with Gasteiger partial charge in [0.25, 0.3) is 10.0 Å². The summed E-state index contributed by atoms with van der Waals surface area (Å²) in [5.74, 6) is -1.54. The first-order chi connectivity index (χ1) is 8.38. The Balaban J connectivity index is 2.07. The van der Waals surface area contributed by atoms with E-state index in [1.165, 1.54) is 17.4 Å². The average Bonchev–Trinajstić information content (AvgIpc) is 2.86. The second kappa shape index (κ2) is 4.83. The summed E-state index contributed by atoms with van der Waals surface area (Å²) in [5.41, 5.74) is 0. The predicted octanol–water partition coefficient (Wildman–Crippen LogP) is 1.36. The van der Waals surface area contributed by atoms with E-state index in [1.54, 1.807) is 18.2 Å². The molecule has 0 spiro atoms. The number of thiophene rings is 1. The van der Waals surface area contributed by atoms with Gasteiger partial charge in [-0.2, -0.15) is 0 Å². The molecule has 1 aliphatic carbocycles. The van der Waals surface area contributed by atoms with Crippen LogP contribution in [0.5, 0.6) is 0 Å². The fourth-order valence-electron chi connectivity index (χ4n) is 1.78. The lowest BCUT2D eigenvalue weighted by atomic mass is 10.1. The van der Waals surface area contributed by atoms with Gasteiger partial charge in [-0.25, -0.2) is 13.1 Å². The average molecular weight is 287 g/mol. The van der Waals surface area contributed by atoms with Crippen LogP contribution in [0, 0.1) is 12.8 Å². The highest BCUT2D eigenvalue weighted by Crippen LogP contribution is 2.23. The van der Waals surface area contributed by atoms with Crippen LogP contribution in [0.1, 0.15) is 11.3 Å². The van der Waals surface area contributed by atoms with Crippen LogP contribution in [0.15, 0.2) is 28.5 Å². The standard InChI is InChI=1S/C11H13NO4S2/c1-7-2-5-10(17-7)18(15,16)12-9-4-3-8(6-9)11(13)14/h2-5,8-9,12H,6H2,1H3,(H,13,14). The zero-order valence-corrected chi connectivity index (χ0v) is 11.3. The molecule has 2 rings (SSSR count). The summed E-state index contributed by atoms with van der Waals surface area (Å²) in [5, 5.41) is 8.82. The van der Waals surface area contributed by atoms with E-state index in [1.807, 2.05) is 6.92 Å². The molecule has 1 aromatic rings. The molecule has 0 fully saturated rings. The van der Waals surface area contributed by atoms with Crippen LogP contribution in [0.4, 0.5) is 0 Å². The molecule has 18 heavy (non-hydrogen) atoms. The van der Waals surface area contributed by atoms with Crippen LogP contribution in [0.25, 0.3) is 0 Å². The molecule has 0 aromatic carbocycles. The van der Waals surface area contributed by atoms with Crippen molar-refractivity contribution >= 4 is 27.3 Å². The summed E-state index contributed by atoms with van der Waals surface area (Å²) in [4.78, 5) is 11.7. The number of carboxylic acids is 1. The molecule has 0 saturated heterocycles. The molecule has 5 nitrogen and oxygen atoms in total. The summed E-state index contributed by atoms with van der Waals surface area (Å²) in [6, 6.07) is 2.85. The van der Waals surface area contributed by atoms with E-state index in [0.29, 0.717) is 0 Å². The minimum atomic E-state index is -3.55. The maximum atomic E-state index is 12.0. The molecule has 1 aromatic heterocycles. The third-order valence-corrected chi connectivity index (χ3v) is 5.67. The van der Waals surface area contributed by atoms with E-state index in [-0.39, 0.29) is 10.6 Å². The molecular formula is C11H13NO4S2. The number of carbonyl (C=O) groups is 1. The maximum absolute atomic E-state index is 12.0. The van der Waals surface area contributed by atoms with Gasteiger partial charge in [-0.05, 0) is 25.5 Å². The van der Waals surface area contributed by atoms with Gasteiger partial charge in [0.15, 0.2) is 0 Å². The Bertz CT molecular complexity index is 588. The van der Waals surface area contributed by atoms with E-state index < -0.39 is 28.0 Å². The van der Waals surface area contributed by atoms with Crippen molar-refractivity contribution in [2.75, 3.05) is 0 Å². The zero-order valence-electron chi connectivity index (χ0n) is 9.66. The molecule has 2 N–H and O–H groups in total. The highest BCUT2D eigenvalue weighted by atomic mass is 32.2. The summed E-state index contributed by atoms with van der Waals surface area (Å²) in [6.45, 7) is 1.83. The fraction of sp³-hybridized carbons (Fsp3) is 0.364. The van der Waals surface area contributed by atoms with Crippen LogP contribution in [-0.2, 0) is 14.8 Å². The van der Waals surface area contributed by atoms with Gasteiger partial charge in [0.2, 0.25) is 0 Å². The van der Waals surface area contributed by atoms with E-state index in [2.05, 4.69) is 4.72 Å². The Morgan fingerprint density at radius 1 is 1.44 bits per heavy atom. The minimum absolute atomic E-state index is 0.257. The Morgan fingerprint density at radius 3 is 2.67 bits per heavy atom. The van der Waals surface area contributed by atoms with Gasteiger partial charge in [0.1, 0.15) is 4.21 Å². The number of aryl methyl sites for hydroxylation is 1. The van der Waals surface area contributed by atoms with Crippen LogP contribution in [0.3, 0.4) is 0 Å². The van der Waals surface area contributed by atoms with Crippen LogP contribution >= 0.6 is 11.3 Å². The van der Waals surface area contributed by atoms with Crippen molar-refractivity contribution in [3.8, 4) is 0 Å². The molecule has 2 atom stereocenters. The highest BCUT2D eigenvalue weighted by molar-refractivity contribution is 7.91. The topological polar surface area (TPSA) is 83.5 Å². The number of hydrogen-bond acceptors (Lipinski definition) is 4. The smallest absolute Gasteiger partial charge is 0.310 e. The monoisotopic (exact) mass is 287 g/mol. The minimum Gasteiger partial charge on any atom is -0.481 e. The van der Waals surface area contributed by atoms with E-state index in [0.717, 1.165) is 4.88 Å². The fourth-order valence-corrected chi connectivity index (χ4v) is 4.29. The molecule has 0 amide bonds. The van der Waals surface area contributed by atoms with Crippen molar-refractivity contribution in [3.05, 3.63) is 29.2 Å². The first kappa shape index (κ1) is 13.3. The summed E-state index contributed by atoms with van der Waals surface area (Å²) in [6.07, 6.45) is 3.38. The van der Waals surface area contributed by atoms with E-state index in [4.69, 9.17) is 5.11 Å². The number of rotatable bonds is 4. The van der Waals surface area contributed by atoms with Crippen molar-refractivity contribution in [3.63, 3.8) is 0 Å². The van der Waals surface area contributed by atoms with Gasteiger partial charge in [0, 0.05) is 10.9 Å². The van der Waals surface area contributed by atoms with Gasteiger partial charge in [-0.1, -0.05) is 12.2 Å². The van der Waals surface area contributed by atoms with Gasteiger partial charge >= 0.3 is 5.97 Å². The number of nitrogens with one attached hydrogen (secondary N) is 1. The summed E-state index contributed by atoms with van der Waals surface area (Å²) >= 11 is 1.19. The Kier molecular flexibility index (Phi) is 3.56. The largest absolute Gasteiger partial charge is 0.481 e. The SMILES string of the molecule is Cc1ccc(S(=O)(=O)NC2C=CC(C(=O)O)C2)s1. The molecule has 0 saturated carbocycles. The molecule has 1 aliphatic rings. The van der Waals surface area contributed by atoms with Gasteiger partial charge < -0.3 is 5.11 Å². The van der Waals surface area contributed by atoms with Crippen molar-refractivity contribution in [2.45, 2.75) is 23.6 Å². The normalized spacial score (nSPS) is 23.4. The molecule has 7 heteroatoms. The third kappa shape index (κ3) is 2.80. The lowest BCUT2D eigenvalue weighted by Crippen LogP contribution is -2.32. The lowest BCUT2D eigenvalue weighted by molar-refractivity contribution is -0.140. The summed E-state index contributed by atoms with van der Waals surface area (Å²) in [7, 11) is -3.55.